The van der Waals surface area contributed by atoms with E-state index >= 15 is 0 Å². The van der Waals surface area contributed by atoms with E-state index in [-0.39, 0.29) is 6.04 Å². The van der Waals surface area contributed by atoms with Crippen LogP contribution >= 0.6 is 11.3 Å². The minimum Gasteiger partial charge on any atom is -0.384 e. The highest BCUT2D eigenvalue weighted by molar-refractivity contribution is 7.19. The van der Waals surface area contributed by atoms with Crippen LogP contribution in [0.1, 0.15) is 30.7 Å². The van der Waals surface area contributed by atoms with Gasteiger partial charge in [0.05, 0.1) is 16.1 Å². The Balaban J connectivity index is 1.49. The van der Waals surface area contributed by atoms with Gasteiger partial charge >= 0.3 is 6.18 Å². The molecule has 1 atom stereocenters. The highest BCUT2D eigenvalue weighted by Gasteiger charge is 2.30. The van der Waals surface area contributed by atoms with Crippen LogP contribution in [0.5, 0.6) is 0 Å². The number of fused-ring (bicyclic) bond motifs is 1. The lowest BCUT2D eigenvalue weighted by Gasteiger charge is -2.16. The van der Waals surface area contributed by atoms with E-state index in [0.29, 0.717) is 23.8 Å². The Morgan fingerprint density at radius 1 is 1.06 bits per heavy atom. The molecule has 0 unspecified atom stereocenters. The predicted octanol–water partition coefficient (Wildman–Crippen LogP) is 5.59. The van der Waals surface area contributed by atoms with Crippen molar-refractivity contribution >= 4 is 27.2 Å². The van der Waals surface area contributed by atoms with E-state index in [9.17, 15) is 18.3 Å². The van der Waals surface area contributed by atoms with Gasteiger partial charge < -0.3 is 16.2 Å². The number of pyridine rings is 1. The molecule has 0 aliphatic heterocycles. The Morgan fingerprint density at radius 3 is 2.47 bits per heavy atom. The number of hydrogen-bond acceptors (Lipinski definition) is 6. The van der Waals surface area contributed by atoms with Gasteiger partial charge in [-0.1, -0.05) is 35.6 Å². The third-order valence-corrected chi connectivity index (χ3v) is 6.47. The number of thiazole rings is 1. The maximum Gasteiger partial charge on any atom is 0.416 e. The van der Waals surface area contributed by atoms with Crippen LogP contribution in [0.2, 0.25) is 0 Å². The lowest BCUT2D eigenvalue weighted by molar-refractivity contribution is -0.137. The van der Waals surface area contributed by atoms with Gasteiger partial charge in [0.25, 0.3) is 0 Å². The van der Waals surface area contributed by atoms with Crippen molar-refractivity contribution in [2.24, 2.45) is 5.73 Å². The number of alkyl halides is 3. The normalized spacial score (nSPS) is 13.3. The minimum absolute atomic E-state index is 0.331. The zero-order valence-corrected chi connectivity index (χ0v) is 19.5. The molecular formula is C25H25F3N4OS. The first-order valence-electron chi connectivity index (χ1n) is 10.7. The monoisotopic (exact) mass is 486 g/mol. The molecule has 0 spiro atoms. The first-order chi connectivity index (χ1) is 16.0. The molecule has 0 saturated heterocycles. The van der Waals surface area contributed by atoms with Crippen molar-refractivity contribution < 1.29 is 18.3 Å². The number of aliphatic hydroxyl groups is 1. The van der Waals surface area contributed by atoms with Gasteiger partial charge in [-0.2, -0.15) is 13.2 Å². The Kier molecular flexibility index (Phi) is 6.62. The van der Waals surface area contributed by atoms with Crippen LogP contribution in [0.15, 0.2) is 60.9 Å². The summed E-state index contributed by atoms with van der Waals surface area (Å²) in [5, 5.41) is 16.6. The van der Waals surface area contributed by atoms with Gasteiger partial charge in [-0.3, -0.25) is 4.98 Å². The molecule has 0 bridgehead atoms. The maximum atomic E-state index is 12.7. The number of halogens is 3. The van der Waals surface area contributed by atoms with Crippen LogP contribution in [0, 0.1) is 0 Å². The van der Waals surface area contributed by atoms with Crippen molar-refractivity contribution in [2.45, 2.75) is 38.1 Å². The van der Waals surface area contributed by atoms with Gasteiger partial charge in [0.15, 0.2) is 5.13 Å². The molecule has 5 nitrogen and oxygen atoms in total. The number of benzene rings is 2. The minimum atomic E-state index is -4.36. The van der Waals surface area contributed by atoms with E-state index in [1.807, 2.05) is 24.3 Å². The van der Waals surface area contributed by atoms with Crippen LogP contribution in [0.25, 0.3) is 21.2 Å². The number of nitrogens with one attached hydrogen (secondary N) is 1. The SMILES string of the molecule is CC(C)(O)c1nc(NC[C@@H](N)Cc2ccc(C(F)(F)F)cc2)sc1-c1ccc2cnccc2c1. The van der Waals surface area contributed by atoms with Gasteiger partial charge in [-0.15, -0.1) is 0 Å². The smallest absolute Gasteiger partial charge is 0.384 e. The lowest BCUT2D eigenvalue weighted by atomic mass is 10.00. The molecular weight excluding hydrogens is 461 g/mol. The molecule has 4 rings (SSSR count). The molecule has 178 valence electrons. The van der Waals surface area contributed by atoms with Crippen molar-refractivity contribution in [3.8, 4) is 10.4 Å². The van der Waals surface area contributed by atoms with Gasteiger partial charge in [-0.25, -0.2) is 4.98 Å². The van der Waals surface area contributed by atoms with E-state index in [1.54, 1.807) is 26.2 Å². The van der Waals surface area contributed by atoms with Gasteiger partial charge in [0.1, 0.15) is 5.60 Å². The van der Waals surface area contributed by atoms with E-state index in [4.69, 9.17) is 5.73 Å². The molecule has 0 radical (unpaired) electrons. The number of nitrogens with two attached hydrogens (primary N) is 1. The second kappa shape index (κ2) is 9.32. The molecule has 2 heterocycles. The fraction of sp³-hybridized carbons (Fsp3) is 0.280. The number of hydrogen-bond donors (Lipinski definition) is 3. The number of aromatic nitrogens is 2. The van der Waals surface area contributed by atoms with Crippen molar-refractivity contribution in [1.82, 2.24) is 9.97 Å². The summed E-state index contributed by atoms with van der Waals surface area (Å²) in [6.07, 6.45) is -0.403. The summed E-state index contributed by atoms with van der Waals surface area (Å²) in [6.45, 7) is 3.76. The molecule has 0 fully saturated rings. The summed E-state index contributed by atoms with van der Waals surface area (Å²) >= 11 is 1.42. The Morgan fingerprint density at radius 2 is 1.79 bits per heavy atom. The standard InChI is InChI=1S/C25H25F3N4OS/c1-24(2,33)22-21(17-5-6-18-13-30-10-9-16(18)12-17)34-23(32-22)31-14-20(29)11-15-3-7-19(8-4-15)25(26,27)28/h3-10,12-13,20,33H,11,14,29H2,1-2H3,(H,31,32)/t20-/m0/s1. The third-order valence-electron chi connectivity index (χ3n) is 5.40. The lowest BCUT2D eigenvalue weighted by Crippen LogP contribution is -2.31. The fourth-order valence-electron chi connectivity index (χ4n) is 3.65. The Bertz CT molecular complexity index is 1280. The molecule has 0 saturated carbocycles. The quantitative estimate of drug-likeness (QED) is 0.317. The van der Waals surface area contributed by atoms with E-state index in [1.165, 1.54) is 23.5 Å². The fourth-order valence-corrected chi connectivity index (χ4v) is 4.78. The summed E-state index contributed by atoms with van der Waals surface area (Å²) in [6, 6.07) is 12.6. The molecule has 0 aliphatic carbocycles. The van der Waals surface area contributed by atoms with Crippen LogP contribution in [0.3, 0.4) is 0 Å². The molecule has 4 aromatic rings. The number of anilines is 1. The van der Waals surface area contributed by atoms with Crippen molar-refractivity contribution in [1.29, 1.82) is 0 Å². The second-order valence-corrected chi connectivity index (χ2v) is 9.73. The average Bonchev–Trinajstić information content (AvgIpc) is 3.22. The van der Waals surface area contributed by atoms with E-state index in [0.717, 1.165) is 38.9 Å². The Labute approximate surface area is 199 Å². The number of rotatable bonds is 7. The van der Waals surface area contributed by atoms with Gasteiger partial charge in [0, 0.05) is 30.4 Å². The van der Waals surface area contributed by atoms with Crippen LogP contribution in [-0.4, -0.2) is 27.7 Å². The van der Waals surface area contributed by atoms with Crippen molar-refractivity contribution in [3.63, 3.8) is 0 Å². The first-order valence-corrected chi connectivity index (χ1v) is 11.6. The zero-order chi connectivity index (χ0) is 24.5. The molecule has 34 heavy (non-hydrogen) atoms. The van der Waals surface area contributed by atoms with Gasteiger partial charge in [-0.05, 0) is 61.0 Å². The predicted molar refractivity (Wildman–Crippen MR) is 130 cm³/mol. The molecule has 9 heteroatoms. The topological polar surface area (TPSA) is 84.1 Å². The molecule has 2 aromatic carbocycles. The van der Waals surface area contributed by atoms with Crippen molar-refractivity contribution in [3.05, 3.63) is 77.7 Å². The zero-order valence-electron chi connectivity index (χ0n) is 18.7. The first kappa shape index (κ1) is 24.1. The molecule has 4 N–H and O–H groups in total. The van der Waals surface area contributed by atoms with Crippen LogP contribution < -0.4 is 11.1 Å². The molecule has 2 aromatic heterocycles. The van der Waals surface area contributed by atoms with Crippen molar-refractivity contribution in [2.75, 3.05) is 11.9 Å². The molecule has 0 aliphatic rings. The summed E-state index contributed by atoms with van der Waals surface area (Å²) in [5.74, 6) is 0. The Hall–Kier alpha value is -3.01. The van der Waals surface area contributed by atoms with Crippen LogP contribution in [-0.2, 0) is 18.2 Å². The summed E-state index contributed by atoms with van der Waals surface area (Å²) in [4.78, 5) is 9.61. The third kappa shape index (κ3) is 5.55. The van der Waals surface area contributed by atoms with E-state index < -0.39 is 17.3 Å². The highest BCUT2D eigenvalue weighted by Crippen LogP contribution is 2.39. The summed E-state index contributed by atoms with van der Waals surface area (Å²) in [5.41, 5.74) is 6.62. The summed E-state index contributed by atoms with van der Waals surface area (Å²) in [7, 11) is 0. The van der Waals surface area contributed by atoms with Crippen LogP contribution in [0.4, 0.5) is 18.3 Å². The largest absolute Gasteiger partial charge is 0.416 e. The second-order valence-electron chi connectivity index (χ2n) is 8.73. The van der Waals surface area contributed by atoms with Gasteiger partial charge in [0.2, 0.25) is 0 Å². The highest BCUT2D eigenvalue weighted by atomic mass is 32.1. The summed E-state index contributed by atoms with van der Waals surface area (Å²) < 4.78 is 38.2. The van der Waals surface area contributed by atoms with E-state index in [2.05, 4.69) is 15.3 Å². The number of nitrogens with zero attached hydrogens (tertiary/aromatic N) is 2. The molecule has 0 amide bonds. The average molecular weight is 487 g/mol. The maximum absolute atomic E-state index is 12.7.